The molecule has 0 amide bonds. The second-order valence-electron chi connectivity index (χ2n) is 8.45. The molecule has 1 fully saturated rings. The average molecular weight is 394 g/mol. The van der Waals surface area contributed by atoms with Gasteiger partial charge in [-0.15, -0.1) is 0 Å². The molecule has 3 aliphatic rings. The van der Waals surface area contributed by atoms with Gasteiger partial charge in [0.15, 0.2) is 0 Å². The van der Waals surface area contributed by atoms with Crippen LogP contribution in [0.5, 0.6) is 0 Å². The Hall–Kier alpha value is -2.40. The highest BCUT2D eigenvalue weighted by atomic mass is 19.1. The van der Waals surface area contributed by atoms with E-state index in [2.05, 4.69) is 41.0 Å². The Morgan fingerprint density at radius 3 is 2.79 bits per heavy atom. The minimum atomic E-state index is -0.209. The SMILES string of the molecule is CCN1CCCC2(CN=C(N3CCc4ccccc4[C@@H]3c3ccc(F)cc3)O2)C1. The van der Waals surface area contributed by atoms with Gasteiger partial charge in [-0.25, -0.2) is 9.38 Å². The maximum Gasteiger partial charge on any atom is 0.288 e. The Morgan fingerprint density at radius 2 is 1.97 bits per heavy atom. The third-order valence-corrected chi connectivity index (χ3v) is 6.59. The first-order valence-corrected chi connectivity index (χ1v) is 10.7. The van der Waals surface area contributed by atoms with Crippen molar-refractivity contribution < 1.29 is 9.13 Å². The minimum absolute atomic E-state index is 0.000295. The lowest BCUT2D eigenvalue weighted by molar-refractivity contribution is -0.00642. The Balaban J connectivity index is 1.47. The summed E-state index contributed by atoms with van der Waals surface area (Å²) in [5.41, 5.74) is 3.50. The molecule has 2 atom stereocenters. The quantitative estimate of drug-likeness (QED) is 0.772. The number of benzene rings is 2. The lowest BCUT2D eigenvalue weighted by Crippen LogP contribution is -2.52. The van der Waals surface area contributed by atoms with Crippen molar-refractivity contribution in [3.05, 3.63) is 71.0 Å². The fourth-order valence-corrected chi connectivity index (χ4v) is 5.07. The predicted octanol–water partition coefficient (Wildman–Crippen LogP) is 4.01. The summed E-state index contributed by atoms with van der Waals surface area (Å²) in [7, 11) is 0. The molecule has 3 heterocycles. The van der Waals surface area contributed by atoms with Crippen molar-refractivity contribution in [3.63, 3.8) is 0 Å². The summed E-state index contributed by atoms with van der Waals surface area (Å²) >= 11 is 0. The van der Waals surface area contributed by atoms with E-state index in [1.165, 1.54) is 11.1 Å². The Bertz CT molecular complexity index is 913. The maximum atomic E-state index is 13.6. The number of rotatable bonds is 2. The highest BCUT2D eigenvalue weighted by Gasteiger charge is 2.44. The first kappa shape index (κ1) is 18.6. The zero-order valence-corrected chi connectivity index (χ0v) is 17.0. The van der Waals surface area contributed by atoms with Gasteiger partial charge in [0.1, 0.15) is 11.4 Å². The van der Waals surface area contributed by atoms with E-state index < -0.39 is 0 Å². The maximum absolute atomic E-state index is 13.6. The number of nitrogens with zero attached hydrogens (tertiary/aromatic N) is 3. The molecule has 0 aromatic heterocycles. The van der Waals surface area contributed by atoms with Crippen LogP contribution in [0.1, 0.15) is 42.5 Å². The number of halogens is 1. The van der Waals surface area contributed by atoms with Crippen LogP contribution in [-0.4, -0.2) is 54.1 Å². The van der Waals surface area contributed by atoms with Crippen LogP contribution >= 0.6 is 0 Å². The van der Waals surface area contributed by atoms with E-state index in [4.69, 9.17) is 9.73 Å². The molecular weight excluding hydrogens is 365 g/mol. The highest BCUT2D eigenvalue weighted by molar-refractivity contribution is 5.78. The number of piperidine rings is 1. The van der Waals surface area contributed by atoms with Gasteiger partial charge in [-0.2, -0.15) is 0 Å². The van der Waals surface area contributed by atoms with Crippen LogP contribution in [-0.2, 0) is 11.2 Å². The first-order valence-electron chi connectivity index (χ1n) is 10.7. The zero-order valence-electron chi connectivity index (χ0n) is 17.0. The normalized spacial score (nSPS) is 26.9. The number of likely N-dealkylation sites (tertiary alicyclic amines) is 1. The van der Waals surface area contributed by atoms with E-state index in [0.29, 0.717) is 0 Å². The van der Waals surface area contributed by atoms with Crippen LogP contribution in [0, 0.1) is 5.82 Å². The third kappa shape index (κ3) is 3.42. The summed E-state index contributed by atoms with van der Waals surface area (Å²) in [5.74, 6) is -0.209. The molecule has 0 bridgehead atoms. The zero-order chi connectivity index (χ0) is 19.8. The second kappa shape index (κ2) is 7.45. The fraction of sp³-hybridized carbons (Fsp3) is 0.458. The molecule has 0 saturated carbocycles. The number of amidine groups is 1. The molecule has 4 nitrogen and oxygen atoms in total. The largest absolute Gasteiger partial charge is 0.455 e. The van der Waals surface area contributed by atoms with E-state index in [1.54, 1.807) is 12.1 Å². The monoisotopic (exact) mass is 393 g/mol. The molecule has 2 aromatic rings. The summed E-state index contributed by atoms with van der Waals surface area (Å²) in [6.45, 7) is 6.94. The van der Waals surface area contributed by atoms with Crippen molar-refractivity contribution in [1.29, 1.82) is 0 Å². The van der Waals surface area contributed by atoms with Gasteiger partial charge in [0.2, 0.25) is 0 Å². The van der Waals surface area contributed by atoms with Crippen LogP contribution in [0.15, 0.2) is 53.5 Å². The van der Waals surface area contributed by atoms with Gasteiger partial charge in [-0.05, 0) is 61.2 Å². The van der Waals surface area contributed by atoms with E-state index >= 15 is 0 Å². The topological polar surface area (TPSA) is 28.1 Å². The Kier molecular flexibility index (Phi) is 4.78. The third-order valence-electron chi connectivity index (χ3n) is 6.59. The van der Waals surface area contributed by atoms with Crippen LogP contribution in [0.3, 0.4) is 0 Å². The smallest absolute Gasteiger partial charge is 0.288 e. The van der Waals surface area contributed by atoms with Gasteiger partial charge in [-0.3, -0.25) is 4.90 Å². The predicted molar refractivity (Wildman–Crippen MR) is 113 cm³/mol. The second-order valence-corrected chi connectivity index (χ2v) is 8.45. The molecule has 0 aliphatic carbocycles. The van der Waals surface area contributed by atoms with E-state index in [-0.39, 0.29) is 17.5 Å². The van der Waals surface area contributed by atoms with Crippen LogP contribution in [0.4, 0.5) is 4.39 Å². The molecular formula is C24H28FN3O. The molecule has 3 aliphatic heterocycles. The molecule has 5 rings (SSSR count). The van der Waals surface area contributed by atoms with Gasteiger partial charge in [-0.1, -0.05) is 43.3 Å². The molecule has 1 spiro atoms. The van der Waals surface area contributed by atoms with Crippen molar-refractivity contribution in [2.75, 3.05) is 32.7 Å². The van der Waals surface area contributed by atoms with E-state index in [9.17, 15) is 4.39 Å². The fourth-order valence-electron chi connectivity index (χ4n) is 5.07. The van der Waals surface area contributed by atoms with Crippen molar-refractivity contribution in [3.8, 4) is 0 Å². The van der Waals surface area contributed by atoms with Crippen molar-refractivity contribution in [2.45, 2.75) is 37.8 Å². The average Bonchev–Trinajstić information content (AvgIpc) is 3.16. The number of hydrogen-bond donors (Lipinski definition) is 0. The molecule has 1 unspecified atom stereocenters. The highest BCUT2D eigenvalue weighted by Crippen LogP contribution is 2.38. The number of fused-ring (bicyclic) bond motifs is 1. The van der Waals surface area contributed by atoms with Gasteiger partial charge >= 0.3 is 0 Å². The van der Waals surface area contributed by atoms with Gasteiger partial charge in [0.25, 0.3) is 6.02 Å². The lowest BCUT2D eigenvalue weighted by atomic mass is 9.88. The molecule has 1 saturated heterocycles. The summed E-state index contributed by atoms with van der Waals surface area (Å²) in [5, 5.41) is 0. The number of aliphatic imine (C=N–C) groups is 1. The lowest BCUT2D eigenvalue weighted by Gasteiger charge is -2.42. The molecule has 152 valence electrons. The molecule has 5 heteroatoms. The summed E-state index contributed by atoms with van der Waals surface area (Å²) in [6, 6.07) is 16.2. The molecule has 0 N–H and O–H groups in total. The van der Waals surface area contributed by atoms with Crippen molar-refractivity contribution in [1.82, 2.24) is 9.80 Å². The standard InChI is InChI=1S/C24H28FN3O/c1-2-27-14-5-13-24(17-27)16-26-23(29-24)28-15-12-18-6-3-4-7-21(18)22(28)19-8-10-20(25)11-9-19/h3-4,6-11,22H,2,5,12-17H2,1H3/t22-,24?/m0/s1. The summed E-state index contributed by atoms with van der Waals surface area (Å²) in [4.78, 5) is 9.64. The van der Waals surface area contributed by atoms with Crippen LogP contribution in [0.25, 0.3) is 0 Å². The number of hydrogen-bond acceptors (Lipinski definition) is 4. The van der Waals surface area contributed by atoms with Crippen LogP contribution < -0.4 is 0 Å². The number of likely N-dealkylation sites (N-methyl/N-ethyl adjacent to an activating group) is 1. The summed E-state index contributed by atoms with van der Waals surface area (Å²) in [6.07, 6.45) is 3.17. The van der Waals surface area contributed by atoms with Crippen LogP contribution in [0.2, 0.25) is 0 Å². The van der Waals surface area contributed by atoms with Gasteiger partial charge in [0, 0.05) is 13.1 Å². The molecule has 0 radical (unpaired) electrons. The van der Waals surface area contributed by atoms with Crippen molar-refractivity contribution in [2.24, 2.45) is 4.99 Å². The van der Waals surface area contributed by atoms with E-state index in [1.807, 2.05) is 12.1 Å². The van der Waals surface area contributed by atoms with Gasteiger partial charge in [0.05, 0.1) is 12.6 Å². The Morgan fingerprint density at radius 1 is 1.14 bits per heavy atom. The van der Waals surface area contributed by atoms with Gasteiger partial charge < -0.3 is 9.64 Å². The molecule has 2 aromatic carbocycles. The van der Waals surface area contributed by atoms with Crippen molar-refractivity contribution >= 4 is 6.02 Å². The summed E-state index contributed by atoms with van der Waals surface area (Å²) < 4.78 is 20.2. The number of ether oxygens (including phenoxy) is 1. The Labute approximate surface area is 172 Å². The molecule has 29 heavy (non-hydrogen) atoms. The minimum Gasteiger partial charge on any atom is -0.455 e. The first-order chi connectivity index (χ1) is 14.2. The van der Waals surface area contributed by atoms with E-state index in [0.717, 1.165) is 63.6 Å².